The van der Waals surface area contributed by atoms with Gasteiger partial charge in [-0.25, -0.2) is 0 Å². The lowest BCUT2D eigenvalue weighted by Crippen LogP contribution is -2.34. The van der Waals surface area contributed by atoms with Crippen LogP contribution in [0, 0.1) is 5.92 Å². The molecule has 0 spiro atoms. The Morgan fingerprint density at radius 3 is 2.47 bits per heavy atom. The third-order valence-corrected chi connectivity index (χ3v) is 4.70. The molecular weight excluding hydrogens is 256 g/mol. The summed E-state index contributed by atoms with van der Waals surface area (Å²) in [4.78, 5) is 4.89. The van der Waals surface area contributed by atoms with E-state index in [0.29, 0.717) is 0 Å². The fourth-order valence-electron chi connectivity index (χ4n) is 3.33. The molecule has 1 aromatic rings. The average molecular weight is 279 g/mol. The molecule has 3 heteroatoms. The topological polar surface area (TPSA) is 6.48 Å². The Kier molecular flexibility index (Phi) is 3.88. The van der Waals surface area contributed by atoms with Crippen molar-refractivity contribution in [1.29, 1.82) is 0 Å². The van der Waals surface area contributed by atoms with Crippen LogP contribution in [0.25, 0.3) is 0 Å². The second kappa shape index (κ2) is 5.62. The smallest absolute Gasteiger partial charge is 0.0660 e. The number of hydrogen-bond acceptors (Lipinski definition) is 2. The molecule has 0 aliphatic carbocycles. The standard InChI is InChI=1S/C16H23ClN2/c1-13-5-4-10-19(12-13)16-7-6-14(11-15(16)17)18-8-2-3-9-18/h6-7,11,13H,2-5,8-10,12H2,1H3. The van der Waals surface area contributed by atoms with Gasteiger partial charge < -0.3 is 9.80 Å². The molecule has 1 unspecified atom stereocenters. The molecule has 0 saturated carbocycles. The molecule has 2 aliphatic rings. The van der Waals surface area contributed by atoms with Gasteiger partial charge in [-0.3, -0.25) is 0 Å². The second-order valence-corrected chi connectivity index (χ2v) is 6.43. The van der Waals surface area contributed by atoms with Gasteiger partial charge in [0.05, 0.1) is 10.7 Å². The first-order chi connectivity index (χ1) is 9.24. The van der Waals surface area contributed by atoms with Gasteiger partial charge in [-0.1, -0.05) is 18.5 Å². The van der Waals surface area contributed by atoms with E-state index in [4.69, 9.17) is 11.6 Å². The normalized spacial score (nSPS) is 24.0. The summed E-state index contributed by atoms with van der Waals surface area (Å²) in [7, 11) is 0. The lowest BCUT2D eigenvalue weighted by Gasteiger charge is -2.33. The van der Waals surface area contributed by atoms with Crippen LogP contribution in [-0.2, 0) is 0 Å². The molecule has 1 atom stereocenters. The minimum absolute atomic E-state index is 0.781. The third-order valence-electron chi connectivity index (χ3n) is 4.40. The molecule has 1 aromatic carbocycles. The highest BCUT2D eigenvalue weighted by molar-refractivity contribution is 6.33. The monoisotopic (exact) mass is 278 g/mol. The molecule has 2 aliphatic heterocycles. The lowest BCUT2D eigenvalue weighted by molar-refractivity contribution is 0.447. The number of nitrogens with zero attached hydrogens (tertiary/aromatic N) is 2. The molecule has 3 rings (SSSR count). The molecule has 0 bridgehead atoms. The van der Waals surface area contributed by atoms with Crippen LogP contribution in [0.2, 0.25) is 5.02 Å². The Morgan fingerprint density at radius 2 is 1.79 bits per heavy atom. The van der Waals surface area contributed by atoms with Crippen LogP contribution >= 0.6 is 11.6 Å². The van der Waals surface area contributed by atoms with Crippen molar-refractivity contribution in [1.82, 2.24) is 0 Å². The summed E-state index contributed by atoms with van der Waals surface area (Å²) < 4.78 is 0. The highest BCUT2D eigenvalue weighted by atomic mass is 35.5. The number of rotatable bonds is 2. The van der Waals surface area contributed by atoms with Crippen molar-refractivity contribution in [2.24, 2.45) is 5.92 Å². The molecule has 0 amide bonds. The first-order valence-electron chi connectivity index (χ1n) is 7.53. The second-order valence-electron chi connectivity index (χ2n) is 6.02. The van der Waals surface area contributed by atoms with Gasteiger partial charge in [-0.05, 0) is 49.8 Å². The van der Waals surface area contributed by atoms with Gasteiger partial charge in [0.25, 0.3) is 0 Å². The molecule has 2 fully saturated rings. The van der Waals surface area contributed by atoms with Gasteiger partial charge in [-0.15, -0.1) is 0 Å². The number of halogens is 1. The van der Waals surface area contributed by atoms with Gasteiger partial charge in [-0.2, -0.15) is 0 Å². The first-order valence-corrected chi connectivity index (χ1v) is 7.91. The van der Waals surface area contributed by atoms with Crippen molar-refractivity contribution in [3.8, 4) is 0 Å². The minimum Gasteiger partial charge on any atom is -0.371 e. The zero-order chi connectivity index (χ0) is 13.2. The molecule has 0 radical (unpaired) electrons. The van der Waals surface area contributed by atoms with Crippen LogP contribution in [0.3, 0.4) is 0 Å². The maximum absolute atomic E-state index is 6.52. The van der Waals surface area contributed by atoms with Crippen molar-refractivity contribution in [3.63, 3.8) is 0 Å². The SMILES string of the molecule is CC1CCCN(c2ccc(N3CCCC3)cc2Cl)C1. The lowest BCUT2D eigenvalue weighted by atomic mass is 10.00. The van der Waals surface area contributed by atoms with Crippen LogP contribution in [0.5, 0.6) is 0 Å². The molecular formula is C16H23ClN2. The summed E-state index contributed by atoms with van der Waals surface area (Å²) in [6.07, 6.45) is 5.25. The van der Waals surface area contributed by atoms with Gasteiger partial charge in [0, 0.05) is 31.9 Å². The first kappa shape index (κ1) is 13.1. The fourth-order valence-corrected chi connectivity index (χ4v) is 3.63. The summed E-state index contributed by atoms with van der Waals surface area (Å²) in [6.45, 7) is 6.97. The van der Waals surface area contributed by atoms with Crippen LogP contribution in [0.15, 0.2) is 18.2 Å². The van der Waals surface area contributed by atoms with Gasteiger partial charge in [0.15, 0.2) is 0 Å². The summed E-state index contributed by atoms with van der Waals surface area (Å²) in [5, 5.41) is 0.915. The molecule has 104 valence electrons. The van der Waals surface area contributed by atoms with Gasteiger partial charge in [0.2, 0.25) is 0 Å². The maximum atomic E-state index is 6.52. The summed E-state index contributed by atoms with van der Waals surface area (Å²) in [6, 6.07) is 6.61. The largest absolute Gasteiger partial charge is 0.371 e. The summed E-state index contributed by atoms with van der Waals surface area (Å²) in [5.41, 5.74) is 2.51. The van der Waals surface area contributed by atoms with Crippen molar-refractivity contribution < 1.29 is 0 Å². The Bertz CT molecular complexity index is 440. The van der Waals surface area contributed by atoms with E-state index >= 15 is 0 Å². The van der Waals surface area contributed by atoms with E-state index in [1.54, 1.807) is 0 Å². The van der Waals surface area contributed by atoms with Crippen molar-refractivity contribution >= 4 is 23.0 Å². The number of benzene rings is 1. The van der Waals surface area contributed by atoms with E-state index in [9.17, 15) is 0 Å². The molecule has 2 nitrogen and oxygen atoms in total. The number of piperidine rings is 1. The number of hydrogen-bond donors (Lipinski definition) is 0. The van der Waals surface area contributed by atoms with E-state index in [1.165, 1.54) is 50.1 Å². The molecule has 2 heterocycles. The summed E-state index contributed by atoms with van der Waals surface area (Å²) in [5.74, 6) is 0.781. The molecule has 2 saturated heterocycles. The zero-order valence-corrected chi connectivity index (χ0v) is 12.5. The van der Waals surface area contributed by atoms with E-state index < -0.39 is 0 Å². The van der Waals surface area contributed by atoms with Gasteiger partial charge >= 0.3 is 0 Å². The zero-order valence-electron chi connectivity index (χ0n) is 11.7. The van der Waals surface area contributed by atoms with E-state index in [2.05, 4.69) is 34.9 Å². The molecule has 0 N–H and O–H groups in total. The van der Waals surface area contributed by atoms with E-state index in [1.807, 2.05) is 0 Å². The van der Waals surface area contributed by atoms with Crippen LogP contribution in [-0.4, -0.2) is 26.2 Å². The Labute approximate surface area is 121 Å². The maximum Gasteiger partial charge on any atom is 0.0660 e. The Balaban J connectivity index is 1.79. The van der Waals surface area contributed by atoms with E-state index in [-0.39, 0.29) is 0 Å². The fraction of sp³-hybridized carbons (Fsp3) is 0.625. The number of anilines is 2. The minimum atomic E-state index is 0.781. The van der Waals surface area contributed by atoms with Crippen molar-refractivity contribution in [2.45, 2.75) is 32.6 Å². The predicted molar refractivity (Wildman–Crippen MR) is 83.5 cm³/mol. The Morgan fingerprint density at radius 1 is 1.05 bits per heavy atom. The highest BCUT2D eigenvalue weighted by Gasteiger charge is 2.20. The highest BCUT2D eigenvalue weighted by Crippen LogP contribution is 2.33. The van der Waals surface area contributed by atoms with Crippen molar-refractivity contribution in [3.05, 3.63) is 23.2 Å². The van der Waals surface area contributed by atoms with Crippen LogP contribution < -0.4 is 9.80 Å². The molecule has 19 heavy (non-hydrogen) atoms. The summed E-state index contributed by atoms with van der Waals surface area (Å²) >= 11 is 6.52. The quantitative estimate of drug-likeness (QED) is 0.801. The Hall–Kier alpha value is -0.890. The third kappa shape index (κ3) is 2.84. The van der Waals surface area contributed by atoms with Gasteiger partial charge in [0.1, 0.15) is 0 Å². The van der Waals surface area contributed by atoms with Crippen molar-refractivity contribution in [2.75, 3.05) is 36.0 Å². The van der Waals surface area contributed by atoms with Crippen LogP contribution in [0.4, 0.5) is 11.4 Å². The van der Waals surface area contributed by atoms with Crippen LogP contribution in [0.1, 0.15) is 32.6 Å². The van der Waals surface area contributed by atoms with E-state index in [0.717, 1.165) is 24.0 Å². The average Bonchev–Trinajstić information content (AvgIpc) is 2.92. The predicted octanol–water partition coefficient (Wildman–Crippen LogP) is 4.18. The molecule has 0 aromatic heterocycles.